The molecule has 0 amide bonds. The lowest BCUT2D eigenvalue weighted by molar-refractivity contribution is 0.328. The second-order valence-corrected chi connectivity index (χ2v) is 5.62. The minimum Gasteiger partial charge on any atom is -0.508 e. The van der Waals surface area contributed by atoms with Crippen molar-refractivity contribution >= 4 is 0 Å². The van der Waals surface area contributed by atoms with Crippen molar-refractivity contribution in [1.82, 2.24) is 10.1 Å². The number of nitrogens with zero attached hydrogens (tertiary/aromatic N) is 2. The Morgan fingerprint density at radius 2 is 1.90 bits per heavy atom. The molecule has 1 aliphatic carbocycles. The van der Waals surface area contributed by atoms with Crippen LogP contribution in [0, 0.1) is 5.92 Å². The molecule has 2 aromatic rings. The van der Waals surface area contributed by atoms with Gasteiger partial charge < -0.3 is 14.7 Å². The van der Waals surface area contributed by atoms with Crippen LogP contribution in [0.4, 0.5) is 0 Å². The van der Waals surface area contributed by atoms with Gasteiger partial charge in [-0.3, -0.25) is 0 Å². The van der Waals surface area contributed by atoms with E-state index in [-0.39, 0.29) is 11.5 Å². The number of hydrogen-bond donors (Lipinski definition) is 2. The fraction of sp³-hybridized carbons (Fsp3) is 0.467. The molecule has 106 valence electrons. The van der Waals surface area contributed by atoms with E-state index in [2.05, 4.69) is 17.1 Å². The summed E-state index contributed by atoms with van der Waals surface area (Å²) in [6.45, 7) is 2.27. The van der Waals surface area contributed by atoms with Crippen molar-refractivity contribution in [1.29, 1.82) is 0 Å². The van der Waals surface area contributed by atoms with E-state index >= 15 is 0 Å². The Kier molecular flexibility index (Phi) is 3.34. The Labute approximate surface area is 117 Å². The van der Waals surface area contributed by atoms with Gasteiger partial charge in [0.1, 0.15) is 11.5 Å². The number of benzene rings is 1. The third-order valence-corrected chi connectivity index (χ3v) is 4.03. The molecule has 1 saturated carbocycles. The van der Waals surface area contributed by atoms with E-state index in [4.69, 9.17) is 4.52 Å². The Balaban J connectivity index is 1.83. The summed E-state index contributed by atoms with van der Waals surface area (Å²) in [5, 5.41) is 23.1. The molecule has 0 saturated heterocycles. The zero-order valence-corrected chi connectivity index (χ0v) is 11.4. The van der Waals surface area contributed by atoms with Crippen molar-refractivity contribution in [3.63, 3.8) is 0 Å². The van der Waals surface area contributed by atoms with Gasteiger partial charge >= 0.3 is 0 Å². The Morgan fingerprint density at radius 3 is 2.60 bits per heavy atom. The minimum absolute atomic E-state index is 0.00672. The first-order valence-electron chi connectivity index (χ1n) is 6.99. The molecule has 0 radical (unpaired) electrons. The molecule has 20 heavy (non-hydrogen) atoms. The van der Waals surface area contributed by atoms with Crippen molar-refractivity contribution in [2.45, 2.75) is 38.5 Å². The van der Waals surface area contributed by atoms with E-state index in [9.17, 15) is 10.2 Å². The first kappa shape index (κ1) is 13.0. The molecular weight excluding hydrogens is 256 g/mol. The van der Waals surface area contributed by atoms with Gasteiger partial charge in [-0.25, -0.2) is 0 Å². The number of aromatic nitrogens is 2. The first-order valence-corrected chi connectivity index (χ1v) is 6.99. The number of phenolic OH excluding ortho intramolecular Hbond substituents is 2. The maximum atomic E-state index is 9.81. The maximum absolute atomic E-state index is 9.81. The van der Waals surface area contributed by atoms with Crippen LogP contribution in [-0.2, 0) is 0 Å². The largest absolute Gasteiger partial charge is 0.508 e. The van der Waals surface area contributed by atoms with Crippen LogP contribution in [-0.4, -0.2) is 20.4 Å². The lowest BCUT2D eigenvalue weighted by atomic mass is 9.83. The summed E-state index contributed by atoms with van der Waals surface area (Å²) in [6.07, 6.45) is 4.56. The monoisotopic (exact) mass is 274 g/mol. The number of phenols is 2. The van der Waals surface area contributed by atoms with Gasteiger partial charge in [0, 0.05) is 12.0 Å². The minimum atomic E-state index is -0.0579. The van der Waals surface area contributed by atoms with Crippen LogP contribution in [0.15, 0.2) is 22.7 Å². The second-order valence-electron chi connectivity index (χ2n) is 5.62. The number of hydrogen-bond acceptors (Lipinski definition) is 5. The summed E-state index contributed by atoms with van der Waals surface area (Å²) < 4.78 is 5.25. The van der Waals surface area contributed by atoms with Gasteiger partial charge in [-0.2, -0.15) is 4.98 Å². The molecule has 1 aromatic carbocycles. The highest BCUT2D eigenvalue weighted by atomic mass is 16.5. The molecule has 0 spiro atoms. The van der Waals surface area contributed by atoms with Crippen molar-refractivity contribution in [3.8, 4) is 23.0 Å². The van der Waals surface area contributed by atoms with Gasteiger partial charge in [-0.1, -0.05) is 24.9 Å². The van der Waals surface area contributed by atoms with Crippen molar-refractivity contribution in [2.24, 2.45) is 5.92 Å². The average Bonchev–Trinajstić information content (AvgIpc) is 2.89. The van der Waals surface area contributed by atoms with E-state index in [1.54, 1.807) is 6.07 Å². The van der Waals surface area contributed by atoms with E-state index in [0.29, 0.717) is 17.4 Å². The zero-order chi connectivity index (χ0) is 14.1. The predicted octanol–water partition coefficient (Wildman–Crippen LogP) is 3.44. The molecule has 0 unspecified atom stereocenters. The van der Waals surface area contributed by atoms with Crippen LogP contribution in [0.25, 0.3) is 11.5 Å². The SMILES string of the molecule is CC1CCC(c2noc(-c3ccc(O)cc3O)n2)CC1. The molecule has 0 aliphatic heterocycles. The molecule has 1 fully saturated rings. The van der Waals surface area contributed by atoms with E-state index in [1.165, 1.54) is 25.0 Å². The lowest BCUT2D eigenvalue weighted by Gasteiger charge is -2.23. The van der Waals surface area contributed by atoms with Gasteiger partial charge in [-0.05, 0) is 30.9 Å². The molecule has 5 heteroatoms. The van der Waals surface area contributed by atoms with E-state index in [0.717, 1.165) is 24.6 Å². The van der Waals surface area contributed by atoms with Crippen LogP contribution in [0.3, 0.4) is 0 Å². The lowest BCUT2D eigenvalue weighted by Crippen LogP contribution is -2.11. The molecule has 3 rings (SSSR count). The van der Waals surface area contributed by atoms with Crippen LogP contribution >= 0.6 is 0 Å². The third-order valence-electron chi connectivity index (χ3n) is 4.03. The zero-order valence-electron chi connectivity index (χ0n) is 11.4. The summed E-state index contributed by atoms with van der Waals surface area (Å²) in [6, 6.07) is 4.33. The van der Waals surface area contributed by atoms with E-state index in [1.807, 2.05) is 0 Å². The molecule has 1 aromatic heterocycles. The smallest absolute Gasteiger partial charge is 0.261 e. The van der Waals surface area contributed by atoms with Crippen LogP contribution in [0.2, 0.25) is 0 Å². The highest BCUT2D eigenvalue weighted by molar-refractivity contribution is 5.63. The quantitative estimate of drug-likeness (QED) is 0.876. The van der Waals surface area contributed by atoms with Crippen molar-refractivity contribution in [3.05, 3.63) is 24.0 Å². The van der Waals surface area contributed by atoms with Gasteiger partial charge in [0.15, 0.2) is 5.82 Å². The average molecular weight is 274 g/mol. The van der Waals surface area contributed by atoms with Gasteiger partial charge in [-0.15, -0.1) is 0 Å². The highest BCUT2D eigenvalue weighted by Gasteiger charge is 2.24. The Morgan fingerprint density at radius 1 is 1.15 bits per heavy atom. The topological polar surface area (TPSA) is 79.4 Å². The first-order chi connectivity index (χ1) is 9.63. The van der Waals surface area contributed by atoms with Crippen LogP contribution in [0.5, 0.6) is 11.5 Å². The van der Waals surface area contributed by atoms with Crippen LogP contribution in [0.1, 0.15) is 44.3 Å². The Hall–Kier alpha value is -2.04. The third kappa shape index (κ3) is 2.48. The molecular formula is C15H18N2O3. The summed E-state index contributed by atoms with van der Waals surface area (Å²) in [4.78, 5) is 4.40. The van der Waals surface area contributed by atoms with Gasteiger partial charge in [0.25, 0.3) is 5.89 Å². The fourth-order valence-electron chi connectivity index (χ4n) is 2.73. The molecule has 5 nitrogen and oxygen atoms in total. The standard InChI is InChI=1S/C15H18N2O3/c1-9-2-4-10(5-3-9)14-16-15(20-17-14)12-7-6-11(18)8-13(12)19/h6-10,18-19H,2-5H2,1H3. The summed E-state index contributed by atoms with van der Waals surface area (Å²) >= 11 is 0. The molecule has 0 bridgehead atoms. The van der Waals surface area contributed by atoms with Gasteiger partial charge in [0.05, 0.1) is 5.56 Å². The number of aromatic hydroxyl groups is 2. The fourth-order valence-corrected chi connectivity index (χ4v) is 2.73. The summed E-state index contributed by atoms with van der Waals surface area (Å²) in [5.41, 5.74) is 0.450. The molecule has 2 N–H and O–H groups in total. The van der Waals surface area contributed by atoms with Crippen molar-refractivity contribution < 1.29 is 14.7 Å². The highest BCUT2D eigenvalue weighted by Crippen LogP contribution is 2.36. The normalized spacial score (nSPS) is 22.9. The van der Waals surface area contributed by atoms with E-state index < -0.39 is 0 Å². The second kappa shape index (κ2) is 5.15. The van der Waals surface area contributed by atoms with Gasteiger partial charge in [0.2, 0.25) is 0 Å². The Bertz CT molecular complexity index is 601. The number of rotatable bonds is 2. The summed E-state index contributed by atoms with van der Waals surface area (Å²) in [7, 11) is 0. The molecule has 0 atom stereocenters. The predicted molar refractivity (Wildman–Crippen MR) is 73.4 cm³/mol. The molecule has 1 heterocycles. The van der Waals surface area contributed by atoms with Crippen molar-refractivity contribution in [2.75, 3.05) is 0 Å². The molecule has 1 aliphatic rings. The van der Waals surface area contributed by atoms with Crippen LogP contribution < -0.4 is 0 Å². The summed E-state index contributed by atoms with van der Waals surface area (Å²) in [5.74, 6) is 2.10. The maximum Gasteiger partial charge on any atom is 0.261 e.